The summed E-state index contributed by atoms with van der Waals surface area (Å²) in [6.07, 6.45) is 4.63. The monoisotopic (exact) mass is 518 g/mol. The van der Waals surface area contributed by atoms with Crippen LogP contribution in [0.4, 0.5) is 24.7 Å². The number of pyridine rings is 1. The molecule has 1 amide bonds. The van der Waals surface area contributed by atoms with Crippen molar-refractivity contribution in [2.75, 3.05) is 43.5 Å². The molecule has 3 aliphatic heterocycles. The smallest absolute Gasteiger partial charge is 0.420 e. The van der Waals surface area contributed by atoms with E-state index in [0.29, 0.717) is 49.9 Å². The van der Waals surface area contributed by atoms with E-state index in [2.05, 4.69) is 15.0 Å². The zero-order chi connectivity index (χ0) is 26.0. The van der Waals surface area contributed by atoms with Crippen LogP contribution >= 0.6 is 0 Å². The minimum atomic E-state index is -4.59. The fraction of sp³-hybridized carbons (Fsp3) is 0.520. The second-order valence-corrected chi connectivity index (χ2v) is 9.57. The first-order valence-corrected chi connectivity index (χ1v) is 12.4. The summed E-state index contributed by atoms with van der Waals surface area (Å²) in [5, 5.41) is 0. The van der Waals surface area contributed by atoms with Crippen molar-refractivity contribution in [1.29, 1.82) is 0 Å². The number of aromatic nitrogens is 3. The van der Waals surface area contributed by atoms with Crippen LogP contribution in [0.25, 0.3) is 0 Å². The molecule has 0 aliphatic carbocycles. The molecule has 5 rings (SSSR count). The van der Waals surface area contributed by atoms with Gasteiger partial charge in [0.2, 0.25) is 11.8 Å². The fourth-order valence-electron chi connectivity index (χ4n) is 5.06. The third kappa shape index (κ3) is 5.63. The van der Waals surface area contributed by atoms with Gasteiger partial charge in [0.05, 0.1) is 41.5 Å². The molecule has 2 fully saturated rings. The highest BCUT2D eigenvalue weighted by Crippen LogP contribution is 2.36. The number of hydrogen-bond donors (Lipinski definition) is 1. The number of carbonyl (C=O) groups excluding carboxylic acids is 1. The predicted molar refractivity (Wildman–Crippen MR) is 128 cm³/mol. The highest BCUT2D eigenvalue weighted by atomic mass is 19.4. The number of carbonyl (C=O) groups is 1. The number of nitrogens with zero attached hydrogens (tertiary/aromatic N) is 5. The van der Waals surface area contributed by atoms with Gasteiger partial charge in [0.25, 0.3) is 0 Å². The van der Waals surface area contributed by atoms with E-state index in [-0.39, 0.29) is 24.3 Å². The van der Waals surface area contributed by atoms with Gasteiger partial charge < -0.3 is 25.0 Å². The van der Waals surface area contributed by atoms with Crippen molar-refractivity contribution in [3.8, 4) is 5.88 Å². The maximum Gasteiger partial charge on any atom is 0.420 e. The van der Waals surface area contributed by atoms with Gasteiger partial charge in [-0.2, -0.15) is 13.2 Å². The molecule has 5 heterocycles. The van der Waals surface area contributed by atoms with E-state index >= 15 is 0 Å². The number of hydrogen-bond acceptors (Lipinski definition) is 8. The SMILES string of the molecule is Nc1ncc(N2CCc3ncnc(OC=CC4CCN(C(=O)C5CCOCC5)C4)c3C2)cc1C(F)(F)F. The number of rotatable bonds is 5. The Labute approximate surface area is 212 Å². The van der Waals surface area contributed by atoms with Gasteiger partial charge in [-0.25, -0.2) is 15.0 Å². The highest BCUT2D eigenvalue weighted by Gasteiger charge is 2.35. The second kappa shape index (κ2) is 10.5. The minimum absolute atomic E-state index is 0.0479. The lowest BCUT2D eigenvalue weighted by Crippen LogP contribution is -2.37. The maximum absolute atomic E-state index is 13.3. The average molecular weight is 519 g/mol. The molecular weight excluding hydrogens is 489 g/mol. The van der Waals surface area contributed by atoms with Crippen LogP contribution in [0.5, 0.6) is 5.88 Å². The molecule has 2 saturated heterocycles. The summed E-state index contributed by atoms with van der Waals surface area (Å²) in [6, 6.07) is 1.02. The lowest BCUT2D eigenvalue weighted by atomic mass is 9.99. The number of halogens is 3. The van der Waals surface area contributed by atoms with Crippen LogP contribution in [-0.2, 0) is 28.7 Å². The summed E-state index contributed by atoms with van der Waals surface area (Å²) in [6.45, 7) is 3.40. The zero-order valence-corrected chi connectivity index (χ0v) is 20.3. The molecule has 0 radical (unpaired) electrons. The van der Waals surface area contributed by atoms with Crippen LogP contribution in [0.3, 0.4) is 0 Å². The van der Waals surface area contributed by atoms with E-state index in [0.717, 1.165) is 37.6 Å². The molecule has 198 valence electrons. The number of anilines is 2. The molecule has 2 aromatic heterocycles. The molecule has 1 unspecified atom stereocenters. The Hall–Kier alpha value is -3.41. The third-order valence-electron chi connectivity index (χ3n) is 7.17. The predicted octanol–water partition coefficient (Wildman–Crippen LogP) is 3.20. The number of fused-ring (bicyclic) bond motifs is 1. The summed E-state index contributed by atoms with van der Waals surface area (Å²) in [7, 11) is 0. The average Bonchev–Trinajstić information content (AvgIpc) is 3.37. The summed E-state index contributed by atoms with van der Waals surface area (Å²) < 4.78 is 51.2. The molecule has 12 heteroatoms. The first-order valence-electron chi connectivity index (χ1n) is 12.4. The molecule has 3 aliphatic rings. The zero-order valence-electron chi connectivity index (χ0n) is 20.3. The van der Waals surface area contributed by atoms with E-state index in [1.165, 1.54) is 12.5 Å². The molecule has 0 spiro atoms. The Balaban J connectivity index is 1.23. The van der Waals surface area contributed by atoms with Crippen LogP contribution in [0.2, 0.25) is 0 Å². The molecule has 37 heavy (non-hydrogen) atoms. The summed E-state index contributed by atoms with van der Waals surface area (Å²) in [5.74, 6) is 0.242. The summed E-state index contributed by atoms with van der Waals surface area (Å²) >= 11 is 0. The lowest BCUT2D eigenvalue weighted by Gasteiger charge is -2.30. The van der Waals surface area contributed by atoms with E-state index in [4.69, 9.17) is 15.2 Å². The molecule has 0 saturated carbocycles. The highest BCUT2D eigenvalue weighted by molar-refractivity contribution is 5.79. The van der Waals surface area contributed by atoms with E-state index in [1.807, 2.05) is 11.0 Å². The van der Waals surface area contributed by atoms with Gasteiger partial charge in [-0.15, -0.1) is 0 Å². The Morgan fingerprint density at radius 1 is 1.16 bits per heavy atom. The van der Waals surface area contributed by atoms with Crippen molar-refractivity contribution in [1.82, 2.24) is 19.9 Å². The number of nitrogens with two attached hydrogens (primary N) is 1. The number of alkyl halides is 3. The van der Waals surface area contributed by atoms with Crippen molar-refractivity contribution in [2.24, 2.45) is 11.8 Å². The van der Waals surface area contributed by atoms with E-state index in [1.54, 1.807) is 11.2 Å². The van der Waals surface area contributed by atoms with Crippen molar-refractivity contribution < 1.29 is 27.4 Å². The van der Waals surface area contributed by atoms with Crippen LogP contribution < -0.4 is 15.4 Å². The molecular formula is C25H29F3N6O3. The normalized spacial score (nSPS) is 20.9. The van der Waals surface area contributed by atoms with E-state index < -0.39 is 17.6 Å². The van der Waals surface area contributed by atoms with Gasteiger partial charge in [-0.05, 0) is 37.3 Å². The Bertz CT molecular complexity index is 1170. The Morgan fingerprint density at radius 2 is 1.97 bits per heavy atom. The number of amides is 1. The van der Waals surface area contributed by atoms with Gasteiger partial charge >= 0.3 is 6.18 Å². The summed E-state index contributed by atoms with van der Waals surface area (Å²) in [5.41, 5.74) is 6.32. The first-order chi connectivity index (χ1) is 17.8. The van der Waals surface area contributed by atoms with Gasteiger partial charge in [0.1, 0.15) is 12.1 Å². The fourth-order valence-corrected chi connectivity index (χ4v) is 5.06. The maximum atomic E-state index is 13.3. The number of nitrogen functional groups attached to an aromatic ring is 1. The van der Waals surface area contributed by atoms with Crippen molar-refractivity contribution >= 4 is 17.4 Å². The third-order valence-corrected chi connectivity index (χ3v) is 7.17. The molecule has 9 nitrogen and oxygen atoms in total. The van der Waals surface area contributed by atoms with Gasteiger partial charge in [-0.3, -0.25) is 4.79 Å². The molecule has 0 aromatic carbocycles. The van der Waals surface area contributed by atoms with Gasteiger partial charge in [-0.1, -0.05) is 0 Å². The number of likely N-dealkylation sites (tertiary alicyclic amines) is 1. The Kier molecular flexibility index (Phi) is 7.18. The summed E-state index contributed by atoms with van der Waals surface area (Å²) in [4.78, 5) is 28.8. The van der Waals surface area contributed by atoms with Crippen molar-refractivity contribution in [3.05, 3.63) is 47.7 Å². The molecule has 2 N–H and O–H groups in total. The molecule has 2 aromatic rings. The topological polar surface area (TPSA) is 107 Å². The van der Waals surface area contributed by atoms with Crippen molar-refractivity contribution in [3.63, 3.8) is 0 Å². The first kappa shape index (κ1) is 25.2. The quantitative estimate of drug-likeness (QED) is 0.602. The minimum Gasteiger partial charge on any atom is -0.447 e. The van der Waals surface area contributed by atoms with Gasteiger partial charge in [0, 0.05) is 45.2 Å². The largest absolute Gasteiger partial charge is 0.447 e. The molecule has 0 bridgehead atoms. The van der Waals surface area contributed by atoms with Crippen LogP contribution in [-0.4, -0.2) is 58.6 Å². The number of ether oxygens (including phenoxy) is 2. The Morgan fingerprint density at radius 3 is 2.76 bits per heavy atom. The van der Waals surface area contributed by atoms with Crippen LogP contribution in [0.15, 0.2) is 30.9 Å². The molecule has 1 atom stereocenters. The van der Waals surface area contributed by atoms with Gasteiger partial charge in [0.15, 0.2) is 0 Å². The lowest BCUT2D eigenvalue weighted by molar-refractivity contribution is -0.138. The van der Waals surface area contributed by atoms with E-state index in [9.17, 15) is 18.0 Å². The van der Waals surface area contributed by atoms with Crippen LogP contribution in [0, 0.1) is 11.8 Å². The second-order valence-electron chi connectivity index (χ2n) is 9.57. The van der Waals surface area contributed by atoms with Crippen molar-refractivity contribution in [2.45, 2.75) is 38.4 Å². The van der Waals surface area contributed by atoms with Crippen LogP contribution in [0.1, 0.15) is 36.1 Å². The standard InChI is InChI=1S/C25H29F3N6O3/c26-25(27,28)20-11-18(12-30-22(20)29)33-7-2-21-19(14-33)23(32-15-31-21)37-10-3-16-1-6-34(13-16)24(35)17-4-8-36-9-5-17/h3,10-12,15-17H,1-2,4-9,13-14H2,(H2,29,30).